The monoisotopic (exact) mass is 444 g/mol. The number of rotatable bonds is 1. The number of Topliss-reactive ketones (excluding diaryl/α,β-unsaturated/α-hetero) is 1. The van der Waals surface area contributed by atoms with Crippen LogP contribution in [0, 0.1) is 0 Å². The normalized spacial score (nSPS) is 17.7. The molecule has 0 radical (unpaired) electrons. The molecule has 2 aromatic rings. The molecule has 0 atom stereocenters. The lowest BCUT2D eigenvalue weighted by atomic mass is 9.82. The number of nitrogens with one attached hydrogen (secondary N) is 1. The summed E-state index contributed by atoms with van der Waals surface area (Å²) in [5.74, 6) is 0.896. The summed E-state index contributed by atoms with van der Waals surface area (Å²) in [6, 6.07) is 7.84. The summed E-state index contributed by atoms with van der Waals surface area (Å²) in [6.45, 7) is 1.81. The molecule has 1 aromatic carbocycles. The lowest BCUT2D eigenvalue weighted by molar-refractivity contribution is 0.0188. The van der Waals surface area contributed by atoms with Gasteiger partial charge >= 0.3 is 0 Å². The molecule has 0 bridgehead atoms. The van der Waals surface area contributed by atoms with Gasteiger partial charge in [0.05, 0.1) is 12.0 Å². The Kier molecular flexibility index (Phi) is 6.49. The number of fused-ring (bicyclic) bond motifs is 1. The molecule has 2 aliphatic rings. The van der Waals surface area contributed by atoms with Crippen LogP contribution in [-0.2, 0) is 0 Å². The van der Waals surface area contributed by atoms with Crippen LogP contribution >= 0.6 is 40.7 Å². The molecule has 0 aliphatic carbocycles. The van der Waals surface area contributed by atoms with Crippen LogP contribution in [0.15, 0.2) is 41.1 Å². The minimum Gasteiger partial charge on any atom is -0.486 e. The quantitative estimate of drug-likeness (QED) is 0.704. The van der Waals surface area contributed by atoms with E-state index in [-0.39, 0.29) is 36.2 Å². The second-order valence-electron chi connectivity index (χ2n) is 6.24. The van der Waals surface area contributed by atoms with E-state index in [0.717, 1.165) is 47.3 Å². The molecule has 1 saturated heterocycles. The molecule has 4 rings (SSSR count). The Balaban J connectivity index is 0.00000113. The predicted octanol–water partition coefficient (Wildman–Crippen LogP) is 4.44. The SMILES string of the molecule is Cl.Cl.O=C1CC2(CCNCC2)Oc2ccc(-c3cncc(Br)c3)cc21. The number of hydrogen-bond donors (Lipinski definition) is 1. The van der Waals surface area contributed by atoms with Crippen molar-refractivity contribution in [3.63, 3.8) is 0 Å². The first-order valence-electron chi connectivity index (χ1n) is 7.83. The fourth-order valence-corrected chi connectivity index (χ4v) is 3.77. The van der Waals surface area contributed by atoms with Gasteiger partial charge < -0.3 is 10.1 Å². The summed E-state index contributed by atoms with van der Waals surface area (Å²) in [6.07, 6.45) is 5.79. The first-order chi connectivity index (χ1) is 11.2. The maximum absolute atomic E-state index is 12.7. The summed E-state index contributed by atoms with van der Waals surface area (Å²) in [5.41, 5.74) is 2.34. The van der Waals surface area contributed by atoms with Crippen LogP contribution in [0.1, 0.15) is 29.6 Å². The average Bonchev–Trinajstić information content (AvgIpc) is 2.55. The van der Waals surface area contributed by atoms with Crippen LogP contribution in [0.5, 0.6) is 5.75 Å². The van der Waals surface area contributed by atoms with Gasteiger partial charge in [0, 0.05) is 35.3 Å². The van der Waals surface area contributed by atoms with Crippen LogP contribution < -0.4 is 10.1 Å². The molecule has 1 spiro atoms. The highest BCUT2D eigenvalue weighted by Gasteiger charge is 2.41. The second-order valence-corrected chi connectivity index (χ2v) is 7.15. The fourth-order valence-electron chi connectivity index (χ4n) is 3.40. The number of carbonyl (C=O) groups excluding carboxylic acids is 1. The zero-order chi connectivity index (χ0) is 15.9. The van der Waals surface area contributed by atoms with E-state index in [1.165, 1.54) is 0 Å². The number of piperidine rings is 1. The Hall–Kier alpha value is -1.14. The van der Waals surface area contributed by atoms with Gasteiger partial charge in [-0.2, -0.15) is 0 Å². The Morgan fingerprint density at radius 3 is 2.56 bits per heavy atom. The highest BCUT2D eigenvalue weighted by molar-refractivity contribution is 9.10. The Morgan fingerprint density at radius 1 is 1.08 bits per heavy atom. The minimum absolute atomic E-state index is 0. The molecule has 4 nitrogen and oxygen atoms in total. The smallest absolute Gasteiger partial charge is 0.170 e. The molecular formula is C18H19BrCl2N2O2. The molecule has 2 aliphatic heterocycles. The first-order valence-corrected chi connectivity index (χ1v) is 8.62. The molecule has 134 valence electrons. The van der Waals surface area contributed by atoms with Gasteiger partial charge in [-0.15, -0.1) is 24.8 Å². The van der Waals surface area contributed by atoms with Gasteiger partial charge in [-0.1, -0.05) is 6.07 Å². The molecule has 1 aromatic heterocycles. The van der Waals surface area contributed by atoms with Crippen molar-refractivity contribution in [2.75, 3.05) is 13.1 Å². The Bertz CT molecular complexity index is 779. The largest absolute Gasteiger partial charge is 0.486 e. The average molecular weight is 446 g/mol. The third-order valence-electron chi connectivity index (χ3n) is 4.64. The van der Waals surface area contributed by atoms with Gasteiger partial charge in [0.2, 0.25) is 0 Å². The summed E-state index contributed by atoms with van der Waals surface area (Å²) in [5, 5.41) is 3.33. The van der Waals surface area contributed by atoms with E-state index in [9.17, 15) is 4.79 Å². The van der Waals surface area contributed by atoms with Crippen LogP contribution in [0.25, 0.3) is 11.1 Å². The first kappa shape index (κ1) is 20.2. The van der Waals surface area contributed by atoms with Crippen LogP contribution in [-0.4, -0.2) is 29.5 Å². The van der Waals surface area contributed by atoms with E-state index < -0.39 is 0 Å². The number of halogens is 3. The van der Waals surface area contributed by atoms with Gasteiger partial charge in [0.25, 0.3) is 0 Å². The number of benzene rings is 1. The maximum atomic E-state index is 12.7. The zero-order valence-corrected chi connectivity index (χ0v) is 16.7. The van der Waals surface area contributed by atoms with Gasteiger partial charge in [-0.25, -0.2) is 0 Å². The molecule has 1 fully saturated rings. The Labute approximate surface area is 167 Å². The fraction of sp³-hybridized carbons (Fsp3) is 0.333. The zero-order valence-electron chi connectivity index (χ0n) is 13.5. The van der Waals surface area contributed by atoms with Gasteiger partial charge in [-0.3, -0.25) is 9.78 Å². The van der Waals surface area contributed by atoms with Crippen LogP contribution in [0.3, 0.4) is 0 Å². The van der Waals surface area contributed by atoms with E-state index >= 15 is 0 Å². The Morgan fingerprint density at radius 2 is 1.84 bits per heavy atom. The summed E-state index contributed by atoms with van der Waals surface area (Å²) in [4.78, 5) is 16.9. The van der Waals surface area contributed by atoms with Crippen molar-refractivity contribution in [1.82, 2.24) is 10.3 Å². The molecule has 1 N–H and O–H groups in total. The molecule has 0 saturated carbocycles. The molecule has 0 unspecified atom stereocenters. The summed E-state index contributed by atoms with van der Waals surface area (Å²) in [7, 11) is 0. The molecule has 3 heterocycles. The van der Waals surface area contributed by atoms with Gasteiger partial charge in [-0.05, 0) is 52.8 Å². The highest BCUT2D eigenvalue weighted by atomic mass is 79.9. The van der Waals surface area contributed by atoms with Gasteiger partial charge in [0.1, 0.15) is 11.4 Å². The topological polar surface area (TPSA) is 51.2 Å². The van der Waals surface area contributed by atoms with Gasteiger partial charge in [0.15, 0.2) is 5.78 Å². The van der Waals surface area contributed by atoms with E-state index in [2.05, 4.69) is 26.2 Å². The molecule has 0 amide bonds. The van der Waals surface area contributed by atoms with E-state index in [1.807, 2.05) is 24.3 Å². The number of pyridine rings is 1. The number of aromatic nitrogens is 1. The van der Waals surface area contributed by atoms with Crippen molar-refractivity contribution in [1.29, 1.82) is 0 Å². The minimum atomic E-state index is -0.311. The summed E-state index contributed by atoms with van der Waals surface area (Å²) < 4.78 is 7.18. The predicted molar refractivity (Wildman–Crippen MR) is 106 cm³/mol. The number of hydrogen-bond acceptors (Lipinski definition) is 4. The van der Waals surface area contributed by atoms with Crippen molar-refractivity contribution < 1.29 is 9.53 Å². The standard InChI is InChI=1S/C18H17BrN2O2.2ClH/c19-14-7-13(10-21-11-14)12-1-2-17-15(8-12)16(22)9-18(23-17)3-5-20-6-4-18;;/h1-2,7-8,10-11,20H,3-6,9H2;2*1H. The van der Waals surface area contributed by atoms with Crippen LogP contribution in [0.2, 0.25) is 0 Å². The van der Waals surface area contributed by atoms with Crippen molar-refractivity contribution in [2.24, 2.45) is 0 Å². The summed E-state index contributed by atoms with van der Waals surface area (Å²) >= 11 is 3.43. The maximum Gasteiger partial charge on any atom is 0.170 e. The molecule has 25 heavy (non-hydrogen) atoms. The highest BCUT2D eigenvalue weighted by Crippen LogP contribution is 2.39. The molecular weight excluding hydrogens is 427 g/mol. The van der Waals surface area contributed by atoms with Crippen molar-refractivity contribution >= 4 is 46.5 Å². The van der Waals surface area contributed by atoms with E-state index in [4.69, 9.17) is 4.74 Å². The van der Waals surface area contributed by atoms with Crippen molar-refractivity contribution in [3.05, 3.63) is 46.7 Å². The number of ketones is 1. The second kappa shape index (κ2) is 8.04. The van der Waals surface area contributed by atoms with Crippen molar-refractivity contribution in [2.45, 2.75) is 24.9 Å². The van der Waals surface area contributed by atoms with Crippen molar-refractivity contribution in [3.8, 4) is 16.9 Å². The molecule has 7 heteroatoms. The lowest BCUT2D eigenvalue weighted by Crippen LogP contribution is -2.49. The van der Waals surface area contributed by atoms with E-state index in [1.54, 1.807) is 12.4 Å². The third kappa shape index (κ3) is 4.00. The number of carbonyl (C=O) groups is 1. The third-order valence-corrected chi connectivity index (χ3v) is 5.08. The number of ether oxygens (including phenoxy) is 1. The lowest BCUT2D eigenvalue weighted by Gasteiger charge is -2.41. The van der Waals surface area contributed by atoms with E-state index in [0.29, 0.717) is 12.0 Å². The van der Waals surface area contributed by atoms with Crippen LogP contribution in [0.4, 0.5) is 0 Å². The number of nitrogens with zero attached hydrogens (tertiary/aromatic N) is 1.